The monoisotopic (exact) mass is 308 g/mol. The number of amides is 1. The van der Waals surface area contributed by atoms with E-state index in [1.54, 1.807) is 6.20 Å². The highest BCUT2D eigenvalue weighted by atomic mass is 16.5. The second kappa shape index (κ2) is 6.83. The average Bonchev–Trinajstić information content (AvgIpc) is 3.06. The normalized spacial score (nSPS) is 10.5. The summed E-state index contributed by atoms with van der Waals surface area (Å²) in [6.07, 6.45) is 2.93. The van der Waals surface area contributed by atoms with Crippen molar-refractivity contribution in [2.45, 2.75) is 19.8 Å². The van der Waals surface area contributed by atoms with E-state index in [1.165, 1.54) is 0 Å². The van der Waals surface area contributed by atoms with Gasteiger partial charge in [-0.15, -0.1) is 0 Å². The Labute approximate surface area is 133 Å². The molecule has 3 aromatic rings. The summed E-state index contributed by atoms with van der Waals surface area (Å²) in [5, 5.41) is 6.83. The van der Waals surface area contributed by atoms with Gasteiger partial charge in [0.1, 0.15) is 5.69 Å². The van der Waals surface area contributed by atoms with Gasteiger partial charge >= 0.3 is 0 Å². The lowest BCUT2D eigenvalue weighted by Gasteiger charge is -2.07. The van der Waals surface area contributed by atoms with E-state index in [1.807, 2.05) is 49.4 Å². The Hall–Kier alpha value is -3.02. The van der Waals surface area contributed by atoms with Crippen molar-refractivity contribution in [3.05, 3.63) is 48.7 Å². The molecule has 0 aliphatic heterocycles. The van der Waals surface area contributed by atoms with Crippen LogP contribution in [0, 0.1) is 0 Å². The second-order valence-electron chi connectivity index (χ2n) is 4.98. The van der Waals surface area contributed by atoms with E-state index in [-0.39, 0.29) is 5.91 Å². The van der Waals surface area contributed by atoms with Gasteiger partial charge in [0.2, 0.25) is 11.7 Å². The number of anilines is 1. The van der Waals surface area contributed by atoms with Crippen LogP contribution in [0.1, 0.15) is 19.8 Å². The van der Waals surface area contributed by atoms with E-state index in [0.717, 1.165) is 6.42 Å². The van der Waals surface area contributed by atoms with E-state index in [0.29, 0.717) is 35.1 Å². The molecule has 0 atom stereocenters. The predicted molar refractivity (Wildman–Crippen MR) is 86.5 cm³/mol. The summed E-state index contributed by atoms with van der Waals surface area (Å²) in [5.41, 5.74) is 1.98. The number of rotatable bonds is 5. The van der Waals surface area contributed by atoms with Crippen molar-refractivity contribution >= 4 is 11.6 Å². The number of aromatic nitrogens is 3. The van der Waals surface area contributed by atoms with Gasteiger partial charge in [-0.1, -0.05) is 30.3 Å². The quantitative estimate of drug-likeness (QED) is 0.779. The number of nitrogens with one attached hydrogen (secondary N) is 1. The maximum atomic E-state index is 11.8. The van der Waals surface area contributed by atoms with Crippen molar-refractivity contribution in [3.8, 4) is 23.0 Å². The first kappa shape index (κ1) is 14.9. The van der Waals surface area contributed by atoms with Crippen LogP contribution in [0.3, 0.4) is 0 Å². The summed E-state index contributed by atoms with van der Waals surface area (Å²) in [6.45, 7) is 1.96. The molecule has 116 valence electrons. The fourth-order valence-corrected chi connectivity index (χ4v) is 2.15. The SMILES string of the molecule is CCCC(=O)Nc1ccccc1-c1nc(-c2ccccn2)no1. The molecule has 0 aliphatic rings. The van der Waals surface area contributed by atoms with E-state index in [4.69, 9.17) is 4.52 Å². The second-order valence-corrected chi connectivity index (χ2v) is 4.98. The van der Waals surface area contributed by atoms with Crippen molar-refractivity contribution in [1.82, 2.24) is 15.1 Å². The van der Waals surface area contributed by atoms with Crippen LogP contribution in [0.2, 0.25) is 0 Å². The summed E-state index contributed by atoms with van der Waals surface area (Å²) in [6, 6.07) is 12.8. The van der Waals surface area contributed by atoms with Gasteiger partial charge < -0.3 is 9.84 Å². The number of hydrogen-bond acceptors (Lipinski definition) is 5. The van der Waals surface area contributed by atoms with Crippen molar-refractivity contribution in [3.63, 3.8) is 0 Å². The zero-order valence-electron chi connectivity index (χ0n) is 12.7. The first-order valence-corrected chi connectivity index (χ1v) is 7.42. The highest BCUT2D eigenvalue weighted by molar-refractivity contribution is 5.94. The molecule has 23 heavy (non-hydrogen) atoms. The number of para-hydroxylation sites is 1. The smallest absolute Gasteiger partial charge is 0.260 e. The van der Waals surface area contributed by atoms with Crippen LogP contribution >= 0.6 is 0 Å². The van der Waals surface area contributed by atoms with E-state index in [9.17, 15) is 4.79 Å². The van der Waals surface area contributed by atoms with Gasteiger partial charge in [0.15, 0.2) is 0 Å². The molecule has 2 heterocycles. The Balaban J connectivity index is 1.91. The van der Waals surface area contributed by atoms with Crippen LogP contribution in [-0.2, 0) is 4.79 Å². The van der Waals surface area contributed by atoms with Crippen molar-refractivity contribution in [2.24, 2.45) is 0 Å². The molecule has 6 nitrogen and oxygen atoms in total. The third kappa shape index (κ3) is 3.42. The van der Waals surface area contributed by atoms with E-state index in [2.05, 4.69) is 20.4 Å². The fourth-order valence-electron chi connectivity index (χ4n) is 2.15. The Morgan fingerprint density at radius 3 is 2.78 bits per heavy atom. The maximum absolute atomic E-state index is 11.8. The molecule has 0 radical (unpaired) electrons. The van der Waals surface area contributed by atoms with Crippen LogP contribution in [0.25, 0.3) is 23.0 Å². The number of carbonyl (C=O) groups excluding carboxylic acids is 1. The molecule has 1 aromatic carbocycles. The summed E-state index contributed by atoms with van der Waals surface area (Å²) in [5.74, 6) is 0.720. The molecule has 0 spiro atoms. The molecule has 0 unspecified atom stereocenters. The highest BCUT2D eigenvalue weighted by Gasteiger charge is 2.15. The lowest BCUT2D eigenvalue weighted by molar-refractivity contribution is -0.116. The Kier molecular flexibility index (Phi) is 4.42. The predicted octanol–water partition coefficient (Wildman–Crippen LogP) is 3.54. The third-order valence-corrected chi connectivity index (χ3v) is 3.23. The average molecular weight is 308 g/mol. The van der Waals surface area contributed by atoms with E-state index >= 15 is 0 Å². The molecule has 2 aromatic heterocycles. The third-order valence-electron chi connectivity index (χ3n) is 3.23. The Morgan fingerprint density at radius 2 is 2.00 bits per heavy atom. The van der Waals surface area contributed by atoms with Crippen molar-refractivity contribution in [2.75, 3.05) is 5.32 Å². The van der Waals surface area contributed by atoms with Crippen molar-refractivity contribution < 1.29 is 9.32 Å². The Morgan fingerprint density at radius 1 is 1.17 bits per heavy atom. The molecule has 0 fully saturated rings. The number of nitrogens with zero attached hydrogens (tertiary/aromatic N) is 3. The van der Waals surface area contributed by atoms with Gasteiger partial charge in [0.25, 0.3) is 5.89 Å². The molecular weight excluding hydrogens is 292 g/mol. The minimum absolute atomic E-state index is 0.0376. The van der Waals surface area contributed by atoms with Crippen LogP contribution in [0.4, 0.5) is 5.69 Å². The lowest BCUT2D eigenvalue weighted by Crippen LogP contribution is -2.11. The molecular formula is C17H16N4O2. The van der Waals surface area contributed by atoms with Gasteiger partial charge in [-0.25, -0.2) is 0 Å². The molecule has 0 saturated heterocycles. The summed E-state index contributed by atoms with van der Waals surface area (Å²) in [7, 11) is 0. The largest absolute Gasteiger partial charge is 0.333 e. The fraction of sp³-hybridized carbons (Fsp3) is 0.176. The molecule has 1 N–H and O–H groups in total. The summed E-state index contributed by atoms with van der Waals surface area (Å²) >= 11 is 0. The molecule has 0 bridgehead atoms. The maximum Gasteiger partial charge on any atom is 0.260 e. The zero-order valence-corrected chi connectivity index (χ0v) is 12.7. The topological polar surface area (TPSA) is 80.9 Å². The zero-order chi connectivity index (χ0) is 16.1. The van der Waals surface area contributed by atoms with Gasteiger partial charge in [-0.2, -0.15) is 4.98 Å². The minimum atomic E-state index is -0.0376. The molecule has 3 rings (SSSR count). The van der Waals surface area contributed by atoms with Gasteiger partial charge in [-0.3, -0.25) is 9.78 Å². The molecule has 1 amide bonds. The van der Waals surface area contributed by atoms with Crippen LogP contribution in [0.15, 0.2) is 53.2 Å². The lowest BCUT2D eigenvalue weighted by atomic mass is 10.1. The van der Waals surface area contributed by atoms with Crippen LogP contribution in [-0.4, -0.2) is 21.0 Å². The highest BCUT2D eigenvalue weighted by Crippen LogP contribution is 2.28. The van der Waals surface area contributed by atoms with Crippen LogP contribution in [0.5, 0.6) is 0 Å². The van der Waals surface area contributed by atoms with Crippen molar-refractivity contribution in [1.29, 1.82) is 0 Å². The minimum Gasteiger partial charge on any atom is -0.333 e. The van der Waals surface area contributed by atoms with Gasteiger partial charge in [0.05, 0.1) is 11.3 Å². The summed E-state index contributed by atoms with van der Waals surface area (Å²) in [4.78, 5) is 20.4. The summed E-state index contributed by atoms with van der Waals surface area (Å²) < 4.78 is 5.33. The van der Waals surface area contributed by atoms with Crippen LogP contribution < -0.4 is 5.32 Å². The van der Waals surface area contributed by atoms with E-state index < -0.39 is 0 Å². The molecule has 0 saturated carbocycles. The number of benzene rings is 1. The number of pyridine rings is 1. The Bertz CT molecular complexity index is 799. The first-order chi connectivity index (χ1) is 11.3. The number of hydrogen-bond donors (Lipinski definition) is 1. The van der Waals surface area contributed by atoms with Gasteiger partial charge in [0, 0.05) is 12.6 Å². The standard InChI is InChI=1S/C17H16N4O2/c1-2-7-15(22)19-13-9-4-3-8-12(13)17-20-16(21-23-17)14-10-5-6-11-18-14/h3-6,8-11H,2,7H2,1H3,(H,19,22). The number of carbonyl (C=O) groups is 1. The first-order valence-electron chi connectivity index (χ1n) is 7.42. The molecule has 0 aliphatic carbocycles. The molecule has 6 heteroatoms. The van der Waals surface area contributed by atoms with Gasteiger partial charge in [-0.05, 0) is 30.7 Å².